The second kappa shape index (κ2) is 6.55. The van der Waals surface area contributed by atoms with Gasteiger partial charge in [-0.3, -0.25) is 4.98 Å². The van der Waals surface area contributed by atoms with Crippen LogP contribution in [0.4, 0.5) is 0 Å². The molecule has 0 spiro atoms. The number of hydrogen-bond acceptors (Lipinski definition) is 3. The molecule has 0 aliphatic carbocycles. The molecule has 0 atom stereocenters. The van der Waals surface area contributed by atoms with Crippen LogP contribution in [0, 0.1) is 6.92 Å². The molecule has 0 fully saturated rings. The highest BCUT2D eigenvalue weighted by Crippen LogP contribution is 2.29. The van der Waals surface area contributed by atoms with E-state index in [0.29, 0.717) is 23.9 Å². The Balaban J connectivity index is 2.17. The second-order valence-electron chi connectivity index (χ2n) is 4.32. The molecule has 0 amide bonds. The third-order valence-electron chi connectivity index (χ3n) is 2.93. The summed E-state index contributed by atoms with van der Waals surface area (Å²) in [5, 5.41) is 0.611. The molecule has 0 saturated heterocycles. The fourth-order valence-corrected chi connectivity index (χ4v) is 2.13. The summed E-state index contributed by atoms with van der Waals surface area (Å²) in [6, 6.07) is 9.64. The van der Waals surface area contributed by atoms with E-state index >= 15 is 0 Å². The number of rotatable bonds is 5. The maximum absolute atomic E-state index is 6.18. The van der Waals surface area contributed by atoms with Crippen LogP contribution in [0.2, 0.25) is 5.02 Å². The first kappa shape index (κ1) is 13.8. The summed E-state index contributed by atoms with van der Waals surface area (Å²) in [5.74, 6) is 0.708. The lowest BCUT2D eigenvalue weighted by Crippen LogP contribution is -2.07. The maximum atomic E-state index is 6.18. The molecule has 0 aliphatic heterocycles. The molecule has 0 unspecified atom stereocenters. The van der Waals surface area contributed by atoms with Gasteiger partial charge in [-0.05, 0) is 43.1 Å². The van der Waals surface area contributed by atoms with Gasteiger partial charge in [0.05, 0.1) is 10.7 Å². The van der Waals surface area contributed by atoms with E-state index in [1.165, 1.54) is 0 Å². The third-order valence-corrected chi connectivity index (χ3v) is 3.23. The monoisotopic (exact) mass is 276 g/mol. The van der Waals surface area contributed by atoms with Crippen molar-refractivity contribution in [1.82, 2.24) is 4.98 Å². The Morgan fingerprint density at radius 1 is 1.26 bits per heavy atom. The molecule has 3 nitrogen and oxygen atoms in total. The van der Waals surface area contributed by atoms with Crippen LogP contribution < -0.4 is 10.5 Å². The molecule has 0 saturated carbocycles. The summed E-state index contributed by atoms with van der Waals surface area (Å²) in [5.41, 5.74) is 8.66. The molecule has 100 valence electrons. The molecule has 2 rings (SSSR count). The van der Waals surface area contributed by atoms with Gasteiger partial charge in [0, 0.05) is 6.20 Å². The Labute approximate surface area is 118 Å². The zero-order valence-electron chi connectivity index (χ0n) is 10.9. The van der Waals surface area contributed by atoms with Gasteiger partial charge in [-0.25, -0.2) is 0 Å². The Morgan fingerprint density at radius 3 is 2.84 bits per heavy atom. The average Bonchev–Trinajstić information content (AvgIpc) is 2.40. The Hall–Kier alpha value is -1.58. The lowest BCUT2D eigenvalue weighted by molar-refractivity contribution is 0.297. The quantitative estimate of drug-likeness (QED) is 0.913. The minimum atomic E-state index is 0.411. The molecule has 2 aromatic rings. The summed E-state index contributed by atoms with van der Waals surface area (Å²) >= 11 is 6.18. The minimum absolute atomic E-state index is 0.411. The van der Waals surface area contributed by atoms with Crippen molar-refractivity contribution in [3.8, 4) is 5.75 Å². The predicted octanol–water partition coefficient (Wildman–Crippen LogP) is 3.12. The topological polar surface area (TPSA) is 48.1 Å². The van der Waals surface area contributed by atoms with Crippen molar-refractivity contribution in [2.24, 2.45) is 5.73 Å². The average molecular weight is 277 g/mol. The highest BCUT2D eigenvalue weighted by atomic mass is 35.5. The van der Waals surface area contributed by atoms with Crippen LogP contribution in [0.5, 0.6) is 5.75 Å². The molecule has 0 radical (unpaired) electrons. The zero-order valence-corrected chi connectivity index (χ0v) is 11.7. The predicted molar refractivity (Wildman–Crippen MR) is 77.5 cm³/mol. The molecule has 19 heavy (non-hydrogen) atoms. The highest BCUT2D eigenvalue weighted by Gasteiger charge is 2.09. The largest absolute Gasteiger partial charge is 0.485 e. The first-order valence-electron chi connectivity index (χ1n) is 6.23. The second-order valence-corrected chi connectivity index (χ2v) is 4.73. The first-order chi connectivity index (χ1) is 9.22. The highest BCUT2D eigenvalue weighted by molar-refractivity contribution is 6.32. The van der Waals surface area contributed by atoms with Crippen molar-refractivity contribution < 1.29 is 4.74 Å². The molecule has 0 bridgehead atoms. The van der Waals surface area contributed by atoms with E-state index in [2.05, 4.69) is 4.98 Å². The number of ether oxygens (including phenoxy) is 1. The first-order valence-corrected chi connectivity index (χ1v) is 6.61. The number of hydrogen-bond donors (Lipinski definition) is 1. The van der Waals surface area contributed by atoms with Gasteiger partial charge in [0.1, 0.15) is 12.4 Å². The normalized spacial score (nSPS) is 10.5. The Kier molecular flexibility index (Phi) is 4.77. The van der Waals surface area contributed by atoms with Crippen molar-refractivity contribution in [2.75, 3.05) is 6.54 Å². The molecule has 4 heteroatoms. The van der Waals surface area contributed by atoms with E-state index in [0.717, 1.165) is 23.2 Å². The van der Waals surface area contributed by atoms with E-state index in [-0.39, 0.29) is 0 Å². The SMILES string of the molecule is Cc1cccnc1COc1c(Cl)cccc1CCN. The molecule has 0 aliphatic rings. The molecular weight excluding hydrogens is 260 g/mol. The maximum Gasteiger partial charge on any atom is 0.141 e. The van der Waals surface area contributed by atoms with Crippen LogP contribution >= 0.6 is 11.6 Å². The van der Waals surface area contributed by atoms with E-state index in [1.807, 2.05) is 37.3 Å². The summed E-state index contributed by atoms with van der Waals surface area (Å²) in [7, 11) is 0. The fourth-order valence-electron chi connectivity index (χ4n) is 1.88. The molecule has 1 aromatic heterocycles. The van der Waals surface area contributed by atoms with Crippen molar-refractivity contribution in [3.05, 3.63) is 58.4 Å². The third kappa shape index (κ3) is 3.46. The summed E-state index contributed by atoms with van der Waals surface area (Å²) in [4.78, 5) is 4.31. The number of para-hydroxylation sites is 1. The van der Waals surface area contributed by atoms with Crippen LogP contribution in [0.15, 0.2) is 36.5 Å². The van der Waals surface area contributed by atoms with E-state index in [1.54, 1.807) is 6.20 Å². The van der Waals surface area contributed by atoms with Gasteiger partial charge in [0.15, 0.2) is 0 Å². The fraction of sp³-hybridized carbons (Fsp3) is 0.267. The van der Waals surface area contributed by atoms with Crippen molar-refractivity contribution in [3.63, 3.8) is 0 Å². The van der Waals surface area contributed by atoms with Crippen LogP contribution in [-0.2, 0) is 13.0 Å². The van der Waals surface area contributed by atoms with Gasteiger partial charge >= 0.3 is 0 Å². The number of pyridine rings is 1. The Morgan fingerprint density at radius 2 is 2.11 bits per heavy atom. The minimum Gasteiger partial charge on any atom is -0.485 e. The van der Waals surface area contributed by atoms with Crippen molar-refractivity contribution in [1.29, 1.82) is 0 Å². The smallest absolute Gasteiger partial charge is 0.141 e. The molecule has 1 aromatic carbocycles. The summed E-state index contributed by atoms with van der Waals surface area (Å²) in [6.07, 6.45) is 2.51. The lowest BCUT2D eigenvalue weighted by atomic mass is 10.1. The van der Waals surface area contributed by atoms with Crippen molar-refractivity contribution in [2.45, 2.75) is 20.0 Å². The van der Waals surface area contributed by atoms with Crippen LogP contribution in [0.1, 0.15) is 16.8 Å². The zero-order chi connectivity index (χ0) is 13.7. The Bertz CT molecular complexity index is 558. The van der Waals surface area contributed by atoms with E-state index in [4.69, 9.17) is 22.1 Å². The molecule has 1 heterocycles. The van der Waals surface area contributed by atoms with Gasteiger partial charge in [-0.1, -0.05) is 29.8 Å². The standard InChI is InChI=1S/C15H17ClN2O/c1-11-4-3-9-18-14(11)10-19-15-12(7-8-17)5-2-6-13(15)16/h2-6,9H,7-8,10,17H2,1H3. The van der Waals surface area contributed by atoms with Crippen LogP contribution in [0.25, 0.3) is 0 Å². The number of halogens is 1. The number of benzene rings is 1. The van der Waals surface area contributed by atoms with Gasteiger partial charge in [0.25, 0.3) is 0 Å². The number of aryl methyl sites for hydroxylation is 1. The number of nitrogens with zero attached hydrogens (tertiary/aromatic N) is 1. The van der Waals surface area contributed by atoms with Crippen LogP contribution in [0.3, 0.4) is 0 Å². The van der Waals surface area contributed by atoms with E-state index in [9.17, 15) is 0 Å². The van der Waals surface area contributed by atoms with Crippen LogP contribution in [-0.4, -0.2) is 11.5 Å². The number of aromatic nitrogens is 1. The van der Waals surface area contributed by atoms with Gasteiger partial charge in [-0.2, -0.15) is 0 Å². The summed E-state index contributed by atoms with van der Waals surface area (Å²) < 4.78 is 5.84. The van der Waals surface area contributed by atoms with Gasteiger partial charge in [-0.15, -0.1) is 0 Å². The number of nitrogens with two attached hydrogens (primary N) is 1. The van der Waals surface area contributed by atoms with Gasteiger partial charge < -0.3 is 10.5 Å². The molecular formula is C15H17ClN2O. The molecule has 2 N–H and O–H groups in total. The summed E-state index contributed by atoms with van der Waals surface area (Å²) in [6.45, 7) is 2.99. The lowest BCUT2D eigenvalue weighted by Gasteiger charge is -2.13. The van der Waals surface area contributed by atoms with E-state index < -0.39 is 0 Å². The van der Waals surface area contributed by atoms with Gasteiger partial charge in [0.2, 0.25) is 0 Å². The van der Waals surface area contributed by atoms with Crippen molar-refractivity contribution >= 4 is 11.6 Å².